The summed E-state index contributed by atoms with van der Waals surface area (Å²) in [4.78, 5) is 0. The molecule has 0 bridgehead atoms. The lowest BCUT2D eigenvalue weighted by Gasteiger charge is -2.16. The van der Waals surface area contributed by atoms with Crippen LogP contribution < -0.4 is 10.5 Å². The molecule has 2 N–H and O–H groups in total. The molecule has 0 aliphatic carbocycles. The zero-order valence-electron chi connectivity index (χ0n) is 10.6. The van der Waals surface area contributed by atoms with Crippen molar-refractivity contribution in [3.8, 4) is 5.75 Å². The molecule has 4 heteroatoms. The summed E-state index contributed by atoms with van der Waals surface area (Å²) in [6.07, 6.45) is 0.673. The van der Waals surface area contributed by atoms with Crippen molar-refractivity contribution in [3.63, 3.8) is 0 Å². The Kier molecular flexibility index (Phi) is 4.86. The molecule has 2 aromatic rings. The molecule has 0 aromatic heterocycles. The number of rotatable bonds is 4. The van der Waals surface area contributed by atoms with E-state index in [0.717, 1.165) is 21.3 Å². The van der Waals surface area contributed by atoms with Crippen molar-refractivity contribution in [1.29, 1.82) is 0 Å². The Hall–Kier alpha value is -1.03. The maximum atomic E-state index is 6.27. The Balaban J connectivity index is 2.26. The van der Waals surface area contributed by atoms with Gasteiger partial charge in [-0.25, -0.2) is 0 Å². The van der Waals surface area contributed by atoms with Crippen LogP contribution in [0.25, 0.3) is 0 Å². The molecule has 0 spiro atoms. The largest absolute Gasteiger partial charge is 0.496 e. The summed E-state index contributed by atoms with van der Waals surface area (Å²) in [6, 6.07) is 13.4. The van der Waals surface area contributed by atoms with E-state index in [9.17, 15) is 0 Å². The number of hydrogen-bond donors (Lipinski definition) is 1. The monoisotopic (exact) mass is 339 g/mol. The van der Waals surface area contributed by atoms with Crippen LogP contribution in [0.4, 0.5) is 0 Å². The van der Waals surface area contributed by atoms with E-state index in [0.29, 0.717) is 11.4 Å². The lowest BCUT2D eigenvalue weighted by atomic mass is 9.99. The average molecular weight is 341 g/mol. The Morgan fingerprint density at radius 2 is 2.00 bits per heavy atom. The maximum Gasteiger partial charge on any atom is 0.122 e. The van der Waals surface area contributed by atoms with Crippen molar-refractivity contribution in [2.24, 2.45) is 5.73 Å². The van der Waals surface area contributed by atoms with Gasteiger partial charge in [0, 0.05) is 15.5 Å². The zero-order chi connectivity index (χ0) is 13.8. The first kappa shape index (κ1) is 14.4. The van der Waals surface area contributed by atoms with Gasteiger partial charge in [-0.15, -0.1) is 0 Å². The summed E-state index contributed by atoms with van der Waals surface area (Å²) in [6.45, 7) is 0. The third kappa shape index (κ3) is 3.50. The zero-order valence-corrected chi connectivity index (χ0v) is 12.9. The summed E-state index contributed by atoms with van der Waals surface area (Å²) < 4.78 is 6.36. The van der Waals surface area contributed by atoms with Gasteiger partial charge >= 0.3 is 0 Å². The number of benzene rings is 2. The van der Waals surface area contributed by atoms with Gasteiger partial charge < -0.3 is 10.5 Å². The van der Waals surface area contributed by atoms with E-state index in [1.165, 1.54) is 0 Å². The Morgan fingerprint density at radius 3 is 2.68 bits per heavy atom. The van der Waals surface area contributed by atoms with Gasteiger partial charge in [-0.2, -0.15) is 0 Å². The van der Waals surface area contributed by atoms with Crippen LogP contribution in [0, 0.1) is 0 Å². The van der Waals surface area contributed by atoms with E-state index in [-0.39, 0.29) is 6.04 Å². The van der Waals surface area contributed by atoms with Crippen LogP contribution in [-0.4, -0.2) is 7.11 Å². The number of ether oxygens (including phenoxy) is 1. The second kappa shape index (κ2) is 6.42. The number of nitrogens with two attached hydrogens (primary N) is 1. The van der Waals surface area contributed by atoms with E-state index in [2.05, 4.69) is 15.9 Å². The molecule has 0 heterocycles. The van der Waals surface area contributed by atoms with Crippen molar-refractivity contribution in [2.45, 2.75) is 12.5 Å². The third-order valence-electron chi connectivity index (χ3n) is 2.99. The second-order valence-corrected chi connectivity index (χ2v) is 5.58. The molecule has 0 aliphatic rings. The van der Waals surface area contributed by atoms with Crippen LogP contribution in [0.1, 0.15) is 17.2 Å². The summed E-state index contributed by atoms with van der Waals surface area (Å²) in [5.41, 5.74) is 8.36. The predicted molar refractivity (Wildman–Crippen MR) is 82.8 cm³/mol. The van der Waals surface area contributed by atoms with E-state index in [4.69, 9.17) is 22.1 Å². The minimum absolute atomic E-state index is 0.108. The van der Waals surface area contributed by atoms with Gasteiger partial charge in [-0.1, -0.05) is 45.7 Å². The minimum Gasteiger partial charge on any atom is -0.496 e. The van der Waals surface area contributed by atoms with Gasteiger partial charge in [-0.05, 0) is 41.8 Å². The Morgan fingerprint density at radius 1 is 1.26 bits per heavy atom. The highest BCUT2D eigenvalue weighted by molar-refractivity contribution is 9.10. The Labute approximate surface area is 126 Å². The van der Waals surface area contributed by atoms with Gasteiger partial charge in [0.15, 0.2) is 0 Å². The smallest absolute Gasteiger partial charge is 0.122 e. The molecule has 2 aromatic carbocycles. The first-order chi connectivity index (χ1) is 9.11. The molecule has 100 valence electrons. The molecular formula is C15H15BrClNO. The van der Waals surface area contributed by atoms with Crippen LogP contribution >= 0.6 is 27.5 Å². The van der Waals surface area contributed by atoms with Gasteiger partial charge in [-0.3, -0.25) is 0 Å². The SMILES string of the molecule is COc1ccc(Cl)cc1CC(N)c1ccccc1Br. The fraction of sp³-hybridized carbons (Fsp3) is 0.200. The van der Waals surface area contributed by atoms with Crippen LogP contribution in [-0.2, 0) is 6.42 Å². The number of hydrogen-bond acceptors (Lipinski definition) is 2. The van der Waals surface area contributed by atoms with Crippen molar-refractivity contribution in [3.05, 3.63) is 63.1 Å². The predicted octanol–water partition coefficient (Wildman–Crippen LogP) is 4.35. The van der Waals surface area contributed by atoms with Crippen molar-refractivity contribution >= 4 is 27.5 Å². The molecule has 0 fully saturated rings. The molecule has 0 amide bonds. The first-order valence-electron chi connectivity index (χ1n) is 5.94. The molecule has 0 radical (unpaired) electrons. The topological polar surface area (TPSA) is 35.2 Å². The molecule has 0 aliphatic heterocycles. The number of methoxy groups -OCH3 is 1. The second-order valence-electron chi connectivity index (χ2n) is 4.29. The van der Waals surface area contributed by atoms with Crippen molar-refractivity contribution < 1.29 is 4.74 Å². The lowest BCUT2D eigenvalue weighted by molar-refractivity contribution is 0.408. The summed E-state index contributed by atoms with van der Waals surface area (Å²) in [5.74, 6) is 0.812. The highest BCUT2D eigenvalue weighted by Gasteiger charge is 2.13. The minimum atomic E-state index is -0.108. The molecular weight excluding hydrogens is 326 g/mol. The van der Waals surface area contributed by atoms with Gasteiger partial charge in [0.2, 0.25) is 0 Å². The molecule has 2 rings (SSSR count). The maximum absolute atomic E-state index is 6.27. The van der Waals surface area contributed by atoms with Gasteiger partial charge in [0.1, 0.15) is 5.75 Å². The third-order valence-corrected chi connectivity index (χ3v) is 3.94. The first-order valence-corrected chi connectivity index (χ1v) is 7.11. The van der Waals surface area contributed by atoms with Crippen LogP contribution in [0.3, 0.4) is 0 Å². The van der Waals surface area contributed by atoms with Crippen LogP contribution in [0.5, 0.6) is 5.75 Å². The average Bonchev–Trinajstić information content (AvgIpc) is 2.39. The molecule has 1 atom stereocenters. The summed E-state index contributed by atoms with van der Waals surface area (Å²) in [5, 5.41) is 0.690. The summed E-state index contributed by atoms with van der Waals surface area (Å²) in [7, 11) is 1.65. The normalized spacial score (nSPS) is 12.2. The fourth-order valence-corrected chi connectivity index (χ4v) is 2.80. The van der Waals surface area contributed by atoms with E-state index in [1.807, 2.05) is 42.5 Å². The van der Waals surface area contributed by atoms with E-state index in [1.54, 1.807) is 7.11 Å². The molecule has 19 heavy (non-hydrogen) atoms. The molecule has 0 saturated heterocycles. The summed E-state index contributed by atoms with van der Waals surface area (Å²) >= 11 is 9.55. The standard InChI is InChI=1S/C15H15BrClNO/c1-19-15-7-6-11(17)8-10(15)9-14(18)12-4-2-3-5-13(12)16/h2-8,14H,9,18H2,1H3. The lowest BCUT2D eigenvalue weighted by Crippen LogP contribution is -2.14. The highest BCUT2D eigenvalue weighted by atomic mass is 79.9. The molecule has 2 nitrogen and oxygen atoms in total. The number of halogens is 2. The van der Waals surface area contributed by atoms with Gasteiger partial charge in [0.05, 0.1) is 7.11 Å². The van der Waals surface area contributed by atoms with Crippen molar-refractivity contribution in [1.82, 2.24) is 0 Å². The van der Waals surface area contributed by atoms with Crippen LogP contribution in [0.2, 0.25) is 5.02 Å². The van der Waals surface area contributed by atoms with Crippen molar-refractivity contribution in [2.75, 3.05) is 7.11 Å². The quantitative estimate of drug-likeness (QED) is 0.898. The van der Waals surface area contributed by atoms with Crippen LogP contribution in [0.15, 0.2) is 46.9 Å². The fourth-order valence-electron chi connectivity index (χ4n) is 2.03. The van der Waals surface area contributed by atoms with Gasteiger partial charge in [0.25, 0.3) is 0 Å². The molecule has 0 saturated carbocycles. The molecule has 1 unspecified atom stereocenters. The Bertz CT molecular complexity index is 574. The van der Waals surface area contributed by atoms with E-state index >= 15 is 0 Å². The highest BCUT2D eigenvalue weighted by Crippen LogP contribution is 2.29. The van der Waals surface area contributed by atoms with E-state index < -0.39 is 0 Å².